The Kier molecular flexibility index (Phi) is 5.04. The first-order valence-electron chi connectivity index (χ1n) is 8.37. The van der Waals surface area contributed by atoms with E-state index in [4.69, 9.17) is 9.47 Å². The number of aryl methyl sites for hydroxylation is 3. The summed E-state index contributed by atoms with van der Waals surface area (Å²) in [6.07, 6.45) is 2.00. The highest BCUT2D eigenvalue weighted by Crippen LogP contribution is 2.30. The SMILES string of the molecule is Cc1ccc(NC(=O)CCc2ccc3c(c2)OCCCO3)cc1C. The van der Waals surface area contributed by atoms with E-state index in [1.54, 1.807) is 0 Å². The first-order valence-corrected chi connectivity index (χ1v) is 8.37. The van der Waals surface area contributed by atoms with Crippen LogP contribution in [0.4, 0.5) is 5.69 Å². The van der Waals surface area contributed by atoms with Crippen LogP contribution >= 0.6 is 0 Å². The van der Waals surface area contributed by atoms with E-state index in [-0.39, 0.29) is 5.91 Å². The van der Waals surface area contributed by atoms with Gasteiger partial charge in [-0.2, -0.15) is 0 Å². The minimum atomic E-state index is 0.0189. The molecule has 0 saturated heterocycles. The number of nitrogens with one attached hydrogen (secondary N) is 1. The lowest BCUT2D eigenvalue weighted by Gasteiger charge is -2.10. The number of benzene rings is 2. The molecule has 1 amide bonds. The molecule has 126 valence electrons. The predicted octanol–water partition coefficient (Wildman–Crippen LogP) is 4.04. The smallest absolute Gasteiger partial charge is 0.224 e. The van der Waals surface area contributed by atoms with E-state index in [9.17, 15) is 4.79 Å². The summed E-state index contributed by atoms with van der Waals surface area (Å²) in [6, 6.07) is 11.9. The highest BCUT2D eigenvalue weighted by molar-refractivity contribution is 5.91. The predicted molar refractivity (Wildman–Crippen MR) is 94.9 cm³/mol. The van der Waals surface area contributed by atoms with Gasteiger partial charge in [-0.3, -0.25) is 4.79 Å². The molecule has 1 N–H and O–H groups in total. The number of hydrogen-bond acceptors (Lipinski definition) is 3. The zero-order chi connectivity index (χ0) is 16.9. The topological polar surface area (TPSA) is 47.6 Å². The van der Waals surface area contributed by atoms with Crippen molar-refractivity contribution in [1.29, 1.82) is 0 Å². The number of fused-ring (bicyclic) bond motifs is 1. The number of anilines is 1. The summed E-state index contributed by atoms with van der Waals surface area (Å²) in [5.41, 5.74) is 4.33. The van der Waals surface area contributed by atoms with Crippen LogP contribution in [0, 0.1) is 13.8 Å². The maximum atomic E-state index is 12.2. The second-order valence-electron chi connectivity index (χ2n) is 6.18. The molecule has 0 aromatic heterocycles. The minimum absolute atomic E-state index is 0.0189. The van der Waals surface area contributed by atoms with Gasteiger partial charge in [0.2, 0.25) is 5.91 Å². The average Bonchev–Trinajstić information content (AvgIpc) is 2.81. The van der Waals surface area contributed by atoms with E-state index < -0.39 is 0 Å². The van der Waals surface area contributed by atoms with E-state index in [1.165, 1.54) is 11.1 Å². The summed E-state index contributed by atoms with van der Waals surface area (Å²) in [5, 5.41) is 2.96. The summed E-state index contributed by atoms with van der Waals surface area (Å²) < 4.78 is 11.3. The Balaban J connectivity index is 1.58. The number of ether oxygens (including phenoxy) is 2. The van der Waals surface area contributed by atoms with Crippen LogP contribution in [0.15, 0.2) is 36.4 Å². The molecule has 1 aliphatic rings. The third-order valence-corrected chi connectivity index (χ3v) is 4.24. The Morgan fingerprint density at radius 3 is 2.58 bits per heavy atom. The van der Waals surface area contributed by atoms with E-state index in [0.29, 0.717) is 26.1 Å². The normalized spacial score (nSPS) is 13.2. The van der Waals surface area contributed by atoms with Crippen LogP contribution in [0.25, 0.3) is 0 Å². The highest BCUT2D eigenvalue weighted by Gasteiger charge is 2.11. The number of amides is 1. The van der Waals surface area contributed by atoms with Gasteiger partial charge in [0, 0.05) is 18.5 Å². The minimum Gasteiger partial charge on any atom is -0.490 e. The van der Waals surface area contributed by atoms with E-state index >= 15 is 0 Å². The Morgan fingerprint density at radius 1 is 1.00 bits per heavy atom. The van der Waals surface area contributed by atoms with Crippen LogP contribution in [0.3, 0.4) is 0 Å². The molecule has 0 unspecified atom stereocenters. The quantitative estimate of drug-likeness (QED) is 0.923. The van der Waals surface area contributed by atoms with Gasteiger partial charge < -0.3 is 14.8 Å². The number of rotatable bonds is 4. The maximum absolute atomic E-state index is 12.2. The Bertz CT molecular complexity index is 740. The molecule has 0 bridgehead atoms. The number of hydrogen-bond donors (Lipinski definition) is 1. The molecule has 0 fully saturated rings. The Morgan fingerprint density at radius 2 is 1.79 bits per heavy atom. The third kappa shape index (κ3) is 4.07. The van der Waals surface area contributed by atoms with E-state index in [2.05, 4.69) is 12.2 Å². The third-order valence-electron chi connectivity index (χ3n) is 4.24. The molecule has 0 radical (unpaired) electrons. The zero-order valence-corrected chi connectivity index (χ0v) is 14.2. The summed E-state index contributed by atoms with van der Waals surface area (Å²) in [4.78, 5) is 12.2. The van der Waals surface area contributed by atoms with Crippen molar-refractivity contribution in [2.45, 2.75) is 33.1 Å². The molecule has 2 aromatic rings. The lowest BCUT2D eigenvalue weighted by molar-refractivity contribution is -0.116. The van der Waals surface area contributed by atoms with Gasteiger partial charge in [-0.25, -0.2) is 0 Å². The number of carbonyl (C=O) groups is 1. The largest absolute Gasteiger partial charge is 0.490 e. The number of carbonyl (C=O) groups excluding carboxylic acids is 1. The van der Waals surface area contributed by atoms with Crippen molar-refractivity contribution in [3.8, 4) is 11.5 Å². The second kappa shape index (κ2) is 7.39. The molecule has 1 aliphatic heterocycles. The van der Waals surface area contributed by atoms with Gasteiger partial charge in [0.05, 0.1) is 13.2 Å². The molecule has 0 atom stereocenters. The van der Waals surface area contributed by atoms with Crippen LogP contribution in [-0.2, 0) is 11.2 Å². The van der Waals surface area contributed by atoms with Crippen LogP contribution in [-0.4, -0.2) is 19.1 Å². The molecule has 3 rings (SSSR count). The molecule has 0 aliphatic carbocycles. The first-order chi connectivity index (χ1) is 11.6. The molecular weight excluding hydrogens is 302 g/mol. The van der Waals surface area contributed by atoms with Gasteiger partial charge in [0.1, 0.15) is 0 Å². The standard InChI is InChI=1S/C20H23NO3/c1-14-4-7-17(12-15(14)2)21-20(22)9-6-16-5-8-18-19(13-16)24-11-3-10-23-18/h4-5,7-8,12-13H,3,6,9-11H2,1-2H3,(H,21,22). The average molecular weight is 325 g/mol. The molecular formula is C20H23NO3. The first kappa shape index (κ1) is 16.4. The summed E-state index contributed by atoms with van der Waals surface area (Å²) in [7, 11) is 0. The maximum Gasteiger partial charge on any atom is 0.224 e. The van der Waals surface area contributed by atoms with Crippen molar-refractivity contribution in [2.75, 3.05) is 18.5 Å². The van der Waals surface area contributed by atoms with Gasteiger partial charge in [0.25, 0.3) is 0 Å². The van der Waals surface area contributed by atoms with E-state index in [1.807, 2.05) is 43.3 Å². The van der Waals surface area contributed by atoms with Gasteiger partial charge >= 0.3 is 0 Å². The highest BCUT2D eigenvalue weighted by atomic mass is 16.5. The Labute approximate surface area is 142 Å². The fraction of sp³-hybridized carbons (Fsp3) is 0.350. The molecule has 1 heterocycles. The van der Waals surface area contributed by atoms with Crippen LogP contribution < -0.4 is 14.8 Å². The van der Waals surface area contributed by atoms with Crippen molar-refractivity contribution >= 4 is 11.6 Å². The van der Waals surface area contributed by atoms with Crippen molar-refractivity contribution in [2.24, 2.45) is 0 Å². The van der Waals surface area contributed by atoms with Crippen LogP contribution in [0.1, 0.15) is 29.5 Å². The summed E-state index contributed by atoms with van der Waals surface area (Å²) >= 11 is 0. The zero-order valence-electron chi connectivity index (χ0n) is 14.2. The van der Waals surface area contributed by atoms with Crippen molar-refractivity contribution in [3.63, 3.8) is 0 Å². The fourth-order valence-corrected chi connectivity index (χ4v) is 2.66. The lowest BCUT2D eigenvalue weighted by atomic mass is 10.1. The molecule has 4 heteroatoms. The van der Waals surface area contributed by atoms with Gasteiger partial charge in [-0.1, -0.05) is 12.1 Å². The Hall–Kier alpha value is -2.49. The van der Waals surface area contributed by atoms with Gasteiger partial charge in [-0.05, 0) is 61.2 Å². The summed E-state index contributed by atoms with van der Waals surface area (Å²) in [6.45, 7) is 5.46. The van der Waals surface area contributed by atoms with Crippen LogP contribution in [0.5, 0.6) is 11.5 Å². The molecule has 2 aromatic carbocycles. The van der Waals surface area contributed by atoms with Gasteiger partial charge in [-0.15, -0.1) is 0 Å². The molecule has 4 nitrogen and oxygen atoms in total. The molecule has 0 saturated carbocycles. The van der Waals surface area contributed by atoms with Crippen molar-refractivity contribution in [1.82, 2.24) is 0 Å². The van der Waals surface area contributed by atoms with Crippen LogP contribution in [0.2, 0.25) is 0 Å². The molecule has 0 spiro atoms. The summed E-state index contributed by atoms with van der Waals surface area (Å²) in [5.74, 6) is 1.58. The van der Waals surface area contributed by atoms with Crippen molar-refractivity contribution < 1.29 is 14.3 Å². The van der Waals surface area contributed by atoms with Gasteiger partial charge in [0.15, 0.2) is 11.5 Å². The lowest BCUT2D eigenvalue weighted by Crippen LogP contribution is -2.12. The second-order valence-corrected chi connectivity index (χ2v) is 6.18. The van der Waals surface area contributed by atoms with E-state index in [0.717, 1.165) is 29.2 Å². The van der Waals surface area contributed by atoms with Crippen molar-refractivity contribution in [3.05, 3.63) is 53.1 Å². The fourth-order valence-electron chi connectivity index (χ4n) is 2.66. The monoisotopic (exact) mass is 325 g/mol. The molecule has 24 heavy (non-hydrogen) atoms.